The van der Waals surface area contributed by atoms with Crippen molar-refractivity contribution >= 4 is 52.2 Å². The Morgan fingerprint density at radius 3 is 2.39 bits per heavy atom. The average Bonchev–Trinajstić information content (AvgIpc) is 3.14. The van der Waals surface area contributed by atoms with E-state index < -0.39 is 11.1 Å². The highest BCUT2D eigenvalue weighted by atomic mass is 35.5. The number of thioether (sulfide) groups is 1. The molecule has 10 heteroatoms. The van der Waals surface area contributed by atoms with Gasteiger partial charge < -0.3 is 19.3 Å². The largest absolute Gasteiger partial charge is 0.490 e. The summed E-state index contributed by atoms with van der Waals surface area (Å²) in [5, 5.41) is -0.123. The molecule has 2 heterocycles. The van der Waals surface area contributed by atoms with Crippen molar-refractivity contribution in [1.29, 1.82) is 0 Å². The third kappa shape index (κ3) is 5.79. The van der Waals surface area contributed by atoms with Crippen LogP contribution >= 0.6 is 23.4 Å². The number of carbonyl (C=O) groups is 3. The Morgan fingerprint density at radius 2 is 1.72 bits per heavy atom. The first-order chi connectivity index (χ1) is 17.4. The van der Waals surface area contributed by atoms with Crippen LogP contribution in [0.3, 0.4) is 0 Å². The summed E-state index contributed by atoms with van der Waals surface area (Å²) in [5.41, 5.74) is 1.71. The van der Waals surface area contributed by atoms with Gasteiger partial charge in [-0.3, -0.25) is 19.3 Å². The number of para-hydroxylation sites is 1. The van der Waals surface area contributed by atoms with Gasteiger partial charge in [0.1, 0.15) is 6.54 Å². The summed E-state index contributed by atoms with van der Waals surface area (Å²) in [6.45, 7) is 6.71. The molecule has 3 amide bonds. The van der Waals surface area contributed by atoms with Crippen molar-refractivity contribution in [3.05, 3.63) is 58.0 Å². The van der Waals surface area contributed by atoms with E-state index in [1.807, 2.05) is 44.2 Å². The fourth-order valence-corrected chi connectivity index (χ4v) is 5.21. The normalized spacial score (nSPS) is 17.2. The highest BCUT2D eigenvalue weighted by Gasteiger charge is 2.37. The number of hydrogen-bond donors (Lipinski definition) is 0. The van der Waals surface area contributed by atoms with Crippen LogP contribution in [0.15, 0.2) is 47.4 Å². The molecule has 2 saturated heterocycles. The van der Waals surface area contributed by atoms with Gasteiger partial charge in [0.2, 0.25) is 5.91 Å². The molecule has 190 valence electrons. The molecule has 2 aromatic carbocycles. The molecule has 0 bridgehead atoms. The number of anilines is 1. The maximum atomic E-state index is 13.0. The summed E-state index contributed by atoms with van der Waals surface area (Å²) in [6, 6.07) is 13.4. The van der Waals surface area contributed by atoms with E-state index in [0.717, 1.165) is 22.3 Å². The number of imide groups is 1. The van der Waals surface area contributed by atoms with Gasteiger partial charge in [-0.1, -0.05) is 29.8 Å². The molecule has 2 aliphatic heterocycles. The minimum Gasteiger partial charge on any atom is -0.490 e. The lowest BCUT2D eigenvalue weighted by molar-refractivity contribution is -0.136. The Bertz CT molecular complexity index is 1170. The van der Waals surface area contributed by atoms with Crippen LogP contribution in [0, 0.1) is 0 Å². The molecule has 4 rings (SSSR count). The summed E-state index contributed by atoms with van der Waals surface area (Å²) in [7, 11) is 0. The van der Waals surface area contributed by atoms with Crippen molar-refractivity contribution in [3.63, 3.8) is 0 Å². The van der Waals surface area contributed by atoms with Crippen molar-refractivity contribution in [2.24, 2.45) is 0 Å². The summed E-state index contributed by atoms with van der Waals surface area (Å²) in [4.78, 5) is 43.6. The zero-order valence-electron chi connectivity index (χ0n) is 20.2. The topological polar surface area (TPSA) is 79.4 Å². The zero-order chi connectivity index (χ0) is 25.7. The Kier molecular flexibility index (Phi) is 8.43. The first-order valence-electron chi connectivity index (χ1n) is 11.8. The molecule has 2 fully saturated rings. The number of ether oxygens (including phenoxy) is 2. The Labute approximate surface area is 219 Å². The molecule has 2 aromatic rings. The van der Waals surface area contributed by atoms with E-state index in [-0.39, 0.29) is 17.4 Å². The number of carbonyl (C=O) groups excluding carboxylic acids is 3. The smallest absolute Gasteiger partial charge is 0.294 e. The van der Waals surface area contributed by atoms with Gasteiger partial charge in [0.15, 0.2) is 11.5 Å². The first kappa shape index (κ1) is 25.9. The lowest BCUT2D eigenvalue weighted by Crippen LogP contribution is -2.51. The van der Waals surface area contributed by atoms with E-state index >= 15 is 0 Å². The second-order valence-electron chi connectivity index (χ2n) is 8.17. The number of nitrogens with zero attached hydrogens (tertiary/aromatic N) is 3. The number of halogens is 1. The van der Waals surface area contributed by atoms with Crippen molar-refractivity contribution < 1.29 is 23.9 Å². The standard InChI is InChI=1S/C26H28ClN3O5S/c1-3-34-21-15-18(14-20(27)24(21)35-4-2)16-22-25(32)30(26(33)36-22)17-23(31)29-12-10-28(11-13-29)19-8-6-5-7-9-19/h5-9,14-16H,3-4,10-13,17H2,1-2H3/b22-16+. The summed E-state index contributed by atoms with van der Waals surface area (Å²) >= 11 is 7.18. The Hall–Kier alpha value is -3.17. The van der Waals surface area contributed by atoms with E-state index in [4.69, 9.17) is 21.1 Å². The second kappa shape index (κ2) is 11.7. The van der Waals surface area contributed by atoms with Crippen LogP contribution in [0.2, 0.25) is 5.02 Å². The quantitative estimate of drug-likeness (QED) is 0.465. The maximum Gasteiger partial charge on any atom is 0.294 e. The van der Waals surface area contributed by atoms with E-state index in [2.05, 4.69) is 4.90 Å². The van der Waals surface area contributed by atoms with Gasteiger partial charge in [-0.15, -0.1) is 0 Å². The molecule has 0 spiro atoms. The number of amides is 3. The summed E-state index contributed by atoms with van der Waals surface area (Å²) in [5.74, 6) is 0.157. The molecule has 0 radical (unpaired) electrons. The van der Waals surface area contributed by atoms with Crippen molar-refractivity contribution in [1.82, 2.24) is 9.80 Å². The highest BCUT2D eigenvalue weighted by Crippen LogP contribution is 2.39. The Morgan fingerprint density at radius 1 is 1.03 bits per heavy atom. The van der Waals surface area contributed by atoms with Crippen molar-refractivity contribution in [2.75, 3.05) is 50.8 Å². The van der Waals surface area contributed by atoms with Gasteiger partial charge >= 0.3 is 0 Å². The van der Waals surface area contributed by atoms with E-state index in [1.54, 1.807) is 23.1 Å². The van der Waals surface area contributed by atoms with Gasteiger partial charge in [0, 0.05) is 31.9 Å². The molecule has 0 aliphatic carbocycles. The third-order valence-electron chi connectivity index (χ3n) is 5.84. The van der Waals surface area contributed by atoms with E-state index in [0.29, 0.717) is 61.5 Å². The van der Waals surface area contributed by atoms with Crippen LogP contribution in [0.5, 0.6) is 11.5 Å². The third-order valence-corrected chi connectivity index (χ3v) is 7.03. The monoisotopic (exact) mass is 529 g/mol. The molecule has 0 atom stereocenters. The average molecular weight is 530 g/mol. The van der Waals surface area contributed by atoms with Gasteiger partial charge in [0.25, 0.3) is 11.1 Å². The van der Waals surface area contributed by atoms with Crippen molar-refractivity contribution in [3.8, 4) is 11.5 Å². The first-order valence-corrected chi connectivity index (χ1v) is 13.0. The number of benzene rings is 2. The SMILES string of the molecule is CCOc1cc(/C=C2/SC(=O)N(CC(=O)N3CCN(c4ccccc4)CC3)C2=O)cc(Cl)c1OCC. The summed E-state index contributed by atoms with van der Waals surface area (Å²) < 4.78 is 11.2. The van der Waals surface area contributed by atoms with Gasteiger partial charge in [-0.25, -0.2) is 0 Å². The molecular weight excluding hydrogens is 502 g/mol. The van der Waals surface area contributed by atoms with Crippen LogP contribution in [-0.4, -0.2) is 72.8 Å². The van der Waals surface area contributed by atoms with Gasteiger partial charge in [0.05, 0.1) is 23.1 Å². The number of piperazine rings is 1. The number of rotatable bonds is 8. The van der Waals surface area contributed by atoms with Crippen LogP contribution in [0.4, 0.5) is 10.5 Å². The summed E-state index contributed by atoms with van der Waals surface area (Å²) in [6.07, 6.45) is 1.58. The molecule has 0 saturated carbocycles. The molecule has 0 N–H and O–H groups in total. The fourth-order valence-electron chi connectivity index (χ4n) is 4.09. The van der Waals surface area contributed by atoms with Crippen LogP contribution in [0.25, 0.3) is 6.08 Å². The van der Waals surface area contributed by atoms with Gasteiger partial charge in [-0.2, -0.15) is 0 Å². The predicted octanol–water partition coefficient (Wildman–Crippen LogP) is 4.52. The molecular formula is C26H28ClN3O5S. The molecule has 0 unspecified atom stereocenters. The van der Waals surface area contributed by atoms with Crippen LogP contribution in [-0.2, 0) is 9.59 Å². The molecule has 8 nitrogen and oxygen atoms in total. The van der Waals surface area contributed by atoms with Gasteiger partial charge in [-0.05, 0) is 61.5 Å². The van der Waals surface area contributed by atoms with Crippen molar-refractivity contribution in [2.45, 2.75) is 13.8 Å². The number of hydrogen-bond acceptors (Lipinski definition) is 7. The Balaban J connectivity index is 1.41. The van der Waals surface area contributed by atoms with Crippen LogP contribution < -0.4 is 14.4 Å². The predicted molar refractivity (Wildman–Crippen MR) is 142 cm³/mol. The second-order valence-corrected chi connectivity index (χ2v) is 9.57. The van der Waals surface area contributed by atoms with Crippen LogP contribution in [0.1, 0.15) is 19.4 Å². The minimum absolute atomic E-state index is 0.226. The lowest BCUT2D eigenvalue weighted by Gasteiger charge is -2.36. The zero-order valence-corrected chi connectivity index (χ0v) is 21.8. The lowest BCUT2D eigenvalue weighted by atomic mass is 10.1. The van der Waals surface area contributed by atoms with E-state index in [9.17, 15) is 14.4 Å². The molecule has 2 aliphatic rings. The minimum atomic E-state index is -0.496. The highest BCUT2D eigenvalue weighted by molar-refractivity contribution is 8.18. The van der Waals surface area contributed by atoms with E-state index in [1.165, 1.54) is 0 Å². The molecule has 0 aromatic heterocycles. The maximum absolute atomic E-state index is 13.0. The fraction of sp³-hybridized carbons (Fsp3) is 0.346. The molecule has 36 heavy (non-hydrogen) atoms.